The van der Waals surface area contributed by atoms with Gasteiger partial charge in [0.05, 0.1) is 11.3 Å². The molecule has 2 nitrogen and oxygen atoms in total. The first-order valence-corrected chi connectivity index (χ1v) is 8.60. The molecule has 20 heavy (non-hydrogen) atoms. The quantitative estimate of drug-likeness (QED) is 0.766. The van der Waals surface area contributed by atoms with Gasteiger partial charge in [-0.05, 0) is 36.8 Å². The monoisotopic (exact) mass is 302 g/mol. The Bertz CT molecular complexity index is 599. The molecule has 0 fully saturated rings. The van der Waals surface area contributed by atoms with E-state index in [0.717, 1.165) is 22.6 Å². The Morgan fingerprint density at radius 3 is 2.75 bits per heavy atom. The third-order valence-corrected chi connectivity index (χ3v) is 5.13. The molecule has 0 aliphatic carbocycles. The standard InChI is InChI=1S/C16H18N2S2/c1-12(10-13-6-5-9-20-13)18(2)15-7-4-8-16(19-3)14(15)11-17/h4-9,12H,10H2,1-3H3. The van der Waals surface area contributed by atoms with E-state index >= 15 is 0 Å². The maximum absolute atomic E-state index is 9.43. The van der Waals surface area contributed by atoms with Gasteiger partial charge in [-0.1, -0.05) is 12.1 Å². The van der Waals surface area contributed by atoms with Crippen LogP contribution in [-0.4, -0.2) is 19.3 Å². The van der Waals surface area contributed by atoms with Crippen LogP contribution in [0.25, 0.3) is 0 Å². The van der Waals surface area contributed by atoms with Crippen molar-refractivity contribution in [2.24, 2.45) is 0 Å². The highest BCUT2D eigenvalue weighted by molar-refractivity contribution is 7.98. The lowest BCUT2D eigenvalue weighted by atomic mass is 10.1. The predicted octanol–water partition coefficient (Wildman–Crippen LogP) is 4.41. The van der Waals surface area contributed by atoms with Crippen LogP contribution in [0.1, 0.15) is 17.4 Å². The van der Waals surface area contributed by atoms with Gasteiger partial charge in [-0.2, -0.15) is 5.26 Å². The molecule has 1 aromatic heterocycles. The molecule has 0 aliphatic rings. The summed E-state index contributed by atoms with van der Waals surface area (Å²) in [4.78, 5) is 4.63. The maximum Gasteiger partial charge on any atom is 0.103 e. The third-order valence-electron chi connectivity index (χ3n) is 3.45. The summed E-state index contributed by atoms with van der Waals surface area (Å²) in [7, 11) is 2.07. The van der Waals surface area contributed by atoms with E-state index in [0.29, 0.717) is 6.04 Å². The van der Waals surface area contributed by atoms with Crippen LogP contribution in [-0.2, 0) is 6.42 Å². The molecule has 0 radical (unpaired) electrons. The topological polar surface area (TPSA) is 27.0 Å². The van der Waals surface area contributed by atoms with Crippen molar-refractivity contribution in [3.63, 3.8) is 0 Å². The third kappa shape index (κ3) is 3.17. The second kappa shape index (κ2) is 6.83. The lowest BCUT2D eigenvalue weighted by Gasteiger charge is -2.28. The predicted molar refractivity (Wildman–Crippen MR) is 88.8 cm³/mol. The van der Waals surface area contributed by atoms with Crippen LogP contribution in [0.15, 0.2) is 40.6 Å². The van der Waals surface area contributed by atoms with Crippen LogP contribution in [0.3, 0.4) is 0 Å². The first-order chi connectivity index (χ1) is 9.67. The largest absolute Gasteiger partial charge is 0.370 e. The molecule has 0 bridgehead atoms. The van der Waals surface area contributed by atoms with E-state index in [1.165, 1.54) is 4.88 Å². The number of anilines is 1. The maximum atomic E-state index is 9.43. The summed E-state index contributed by atoms with van der Waals surface area (Å²) >= 11 is 3.41. The van der Waals surface area contributed by atoms with E-state index in [2.05, 4.69) is 42.5 Å². The van der Waals surface area contributed by atoms with Gasteiger partial charge in [0.15, 0.2) is 0 Å². The van der Waals surface area contributed by atoms with Crippen molar-refractivity contribution in [3.8, 4) is 6.07 Å². The zero-order valence-electron chi connectivity index (χ0n) is 12.0. The van der Waals surface area contributed by atoms with E-state index in [1.54, 1.807) is 23.1 Å². The highest BCUT2D eigenvalue weighted by Crippen LogP contribution is 2.30. The number of thioether (sulfide) groups is 1. The van der Waals surface area contributed by atoms with Gasteiger partial charge < -0.3 is 4.90 Å². The molecule has 0 amide bonds. The summed E-state index contributed by atoms with van der Waals surface area (Å²) in [6.45, 7) is 2.20. The van der Waals surface area contributed by atoms with Crippen molar-refractivity contribution >= 4 is 28.8 Å². The molecule has 2 rings (SSSR count). The first-order valence-electron chi connectivity index (χ1n) is 6.49. The van der Waals surface area contributed by atoms with Crippen molar-refractivity contribution in [1.82, 2.24) is 0 Å². The minimum atomic E-state index is 0.359. The molecule has 1 unspecified atom stereocenters. The van der Waals surface area contributed by atoms with Crippen LogP contribution in [0.4, 0.5) is 5.69 Å². The molecule has 1 aromatic carbocycles. The van der Waals surface area contributed by atoms with Gasteiger partial charge in [-0.15, -0.1) is 23.1 Å². The van der Waals surface area contributed by atoms with Crippen molar-refractivity contribution in [2.45, 2.75) is 24.3 Å². The second-order valence-corrected chi connectivity index (χ2v) is 6.59. The Morgan fingerprint density at radius 2 is 2.15 bits per heavy atom. The number of likely N-dealkylation sites (N-methyl/N-ethyl adjacent to an activating group) is 1. The molecule has 2 aromatic rings. The summed E-state index contributed by atoms with van der Waals surface area (Å²) in [5, 5.41) is 11.5. The average Bonchev–Trinajstić information content (AvgIpc) is 2.98. The number of hydrogen-bond acceptors (Lipinski definition) is 4. The van der Waals surface area contributed by atoms with E-state index in [-0.39, 0.29) is 0 Å². The van der Waals surface area contributed by atoms with Gasteiger partial charge in [0.1, 0.15) is 6.07 Å². The van der Waals surface area contributed by atoms with Crippen LogP contribution in [0.5, 0.6) is 0 Å². The van der Waals surface area contributed by atoms with Gasteiger partial charge in [0, 0.05) is 29.3 Å². The summed E-state index contributed by atoms with van der Waals surface area (Å²) in [5.74, 6) is 0. The average molecular weight is 302 g/mol. The number of rotatable bonds is 5. The van der Waals surface area contributed by atoms with E-state index in [1.807, 2.05) is 24.5 Å². The molecule has 1 atom stereocenters. The number of hydrogen-bond donors (Lipinski definition) is 0. The molecule has 0 N–H and O–H groups in total. The molecule has 0 saturated heterocycles. The second-order valence-electron chi connectivity index (χ2n) is 4.71. The van der Waals surface area contributed by atoms with Crippen molar-refractivity contribution in [3.05, 3.63) is 46.2 Å². The van der Waals surface area contributed by atoms with E-state index < -0.39 is 0 Å². The number of nitrogens with zero attached hydrogens (tertiary/aromatic N) is 2. The van der Waals surface area contributed by atoms with Crippen LogP contribution < -0.4 is 4.90 Å². The van der Waals surface area contributed by atoms with Gasteiger partial charge in [-0.25, -0.2) is 0 Å². The summed E-state index contributed by atoms with van der Waals surface area (Å²) in [6, 6.07) is 13.0. The van der Waals surface area contributed by atoms with Crippen molar-refractivity contribution in [2.75, 3.05) is 18.2 Å². The lowest BCUT2D eigenvalue weighted by Crippen LogP contribution is -2.31. The van der Waals surface area contributed by atoms with Crippen LogP contribution in [0, 0.1) is 11.3 Å². The Morgan fingerprint density at radius 1 is 1.35 bits per heavy atom. The summed E-state index contributed by atoms with van der Waals surface area (Å²) < 4.78 is 0. The minimum Gasteiger partial charge on any atom is -0.370 e. The molecule has 1 heterocycles. The Hall–Kier alpha value is -1.44. The summed E-state index contributed by atoms with van der Waals surface area (Å²) in [5.41, 5.74) is 1.80. The fourth-order valence-electron chi connectivity index (χ4n) is 2.19. The molecule has 4 heteroatoms. The highest BCUT2D eigenvalue weighted by Gasteiger charge is 2.16. The molecule has 104 valence electrons. The number of benzene rings is 1. The zero-order valence-corrected chi connectivity index (χ0v) is 13.6. The molecule has 0 aliphatic heterocycles. The number of nitriles is 1. The number of thiophene rings is 1. The van der Waals surface area contributed by atoms with E-state index in [4.69, 9.17) is 0 Å². The smallest absolute Gasteiger partial charge is 0.103 e. The van der Waals surface area contributed by atoms with E-state index in [9.17, 15) is 5.26 Å². The van der Waals surface area contributed by atoms with Gasteiger partial charge >= 0.3 is 0 Å². The SMILES string of the molecule is CSc1cccc(N(C)C(C)Cc2cccs2)c1C#N. The lowest BCUT2D eigenvalue weighted by molar-refractivity contribution is 0.687. The minimum absolute atomic E-state index is 0.359. The molecule has 0 saturated carbocycles. The fourth-order valence-corrected chi connectivity index (χ4v) is 3.59. The van der Waals surface area contributed by atoms with Gasteiger partial charge in [-0.3, -0.25) is 0 Å². The normalized spacial score (nSPS) is 11.9. The van der Waals surface area contributed by atoms with Crippen molar-refractivity contribution in [1.29, 1.82) is 5.26 Å². The Kier molecular flexibility index (Phi) is 5.11. The van der Waals surface area contributed by atoms with Gasteiger partial charge in [0.25, 0.3) is 0 Å². The summed E-state index contributed by atoms with van der Waals surface area (Å²) in [6.07, 6.45) is 3.01. The molecular weight excluding hydrogens is 284 g/mol. The highest BCUT2D eigenvalue weighted by atomic mass is 32.2. The Labute approximate surface area is 129 Å². The molecule has 0 spiro atoms. The first kappa shape index (κ1) is 15.0. The fraction of sp³-hybridized carbons (Fsp3) is 0.312. The Balaban J connectivity index is 2.24. The zero-order chi connectivity index (χ0) is 14.5. The van der Waals surface area contributed by atoms with Gasteiger partial charge in [0.2, 0.25) is 0 Å². The van der Waals surface area contributed by atoms with Crippen molar-refractivity contribution < 1.29 is 0 Å². The van der Waals surface area contributed by atoms with Crippen LogP contribution >= 0.6 is 23.1 Å². The van der Waals surface area contributed by atoms with Crippen LogP contribution in [0.2, 0.25) is 0 Å². The molecular formula is C16H18N2S2.